The average molecular weight is 300 g/mol. The van der Waals surface area contributed by atoms with Crippen molar-refractivity contribution in [3.05, 3.63) is 34.9 Å². The summed E-state index contributed by atoms with van der Waals surface area (Å²) in [6.07, 6.45) is 0. The van der Waals surface area contributed by atoms with Crippen molar-refractivity contribution in [2.75, 3.05) is 6.61 Å². The van der Waals surface area contributed by atoms with Gasteiger partial charge in [0, 0.05) is 5.75 Å². The van der Waals surface area contributed by atoms with Crippen LogP contribution in [0.2, 0.25) is 0 Å². The minimum Gasteiger partial charge on any atom is -0.479 e. The molecule has 0 fully saturated rings. The topological polar surface area (TPSA) is 83.8 Å². The summed E-state index contributed by atoms with van der Waals surface area (Å²) in [6.45, 7) is 2.27. The Balaban J connectivity index is 2.90. The quantitative estimate of drug-likeness (QED) is 0.809. The molecule has 7 heteroatoms. The molecule has 0 unspecified atom stereocenters. The maximum atomic E-state index is 10.9. The standard InChI is InChI=1S/C12H12O5S2/c1-2-17-12(18)19-6-7-3-8(10(13)14)5-9(4-7)11(15)16/h3-5H,2,6H2,1H3,(H,13,14)(H,15,16). The highest BCUT2D eigenvalue weighted by atomic mass is 32.2. The van der Waals surface area contributed by atoms with Gasteiger partial charge in [-0.05, 0) is 42.9 Å². The fourth-order valence-corrected chi connectivity index (χ4v) is 2.27. The zero-order chi connectivity index (χ0) is 14.4. The van der Waals surface area contributed by atoms with Crippen LogP contribution in [0.15, 0.2) is 18.2 Å². The van der Waals surface area contributed by atoms with Gasteiger partial charge in [0.25, 0.3) is 0 Å². The van der Waals surface area contributed by atoms with Crippen LogP contribution in [0, 0.1) is 0 Å². The van der Waals surface area contributed by atoms with Gasteiger partial charge in [0.05, 0.1) is 17.7 Å². The molecule has 5 nitrogen and oxygen atoms in total. The molecule has 0 saturated carbocycles. The van der Waals surface area contributed by atoms with Gasteiger partial charge in [0.15, 0.2) is 0 Å². The fourth-order valence-electron chi connectivity index (χ4n) is 1.32. The molecule has 0 spiro atoms. The van der Waals surface area contributed by atoms with Crippen molar-refractivity contribution in [2.45, 2.75) is 12.7 Å². The number of ether oxygens (including phenoxy) is 1. The molecule has 0 aliphatic rings. The second-order valence-electron chi connectivity index (χ2n) is 3.50. The van der Waals surface area contributed by atoms with E-state index in [2.05, 4.69) is 0 Å². The molecule has 0 heterocycles. The number of carboxylic acid groups (broad SMARTS) is 2. The Bertz CT molecular complexity index is 481. The molecule has 0 atom stereocenters. The van der Waals surface area contributed by atoms with E-state index in [1.54, 1.807) is 6.92 Å². The molecular weight excluding hydrogens is 288 g/mol. The van der Waals surface area contributed by atoms with Gasteiger partial charge in [-0.15, -0.1) is 0 Å². The van der Waals surface area contributed by atoms with Crippen LogP contribution in [0.4, 0.5) is 0 Å². The minimum absolute atomic E-state index is 0.0576. The van der Waals surface area contributed by atoms with Crippen LogP contribution < -0.4 is 0 Å². The van der Waals surface area contributed by atoms with E-state index in [-0.39, 0.29) is 11.1 Å². The molecule has 2 N–H and O–H groups in total. The fraction of sp³-hybridized carbons (Fsp3) is 0.250. The number of benzene rings is 1. The van der Waals surface area contributed by atoms with Crippen molar-refractivity contribution in [2.24, 2.45) is 0 Å². The van der Waals surface area contributed by atoms with Crippen molar-refractivity contribution in [3.63, 3.8) is 0 Å². The van der Waals surface area contributed by atoms with E-state index in [4.69, 9.17) is 27.2 Å². The third kappa shape index (κ3) is 4.88. The number of thiocarbonyl (C=S) groups is 1. The molecule has 0 aliphatic heterocycles. The molecule has 0 bridgehead atoms. The van der Waals surface area contributed by atoms with Crippen LogP contribution >= 0.6 is 24.0 Å². The van der Waals surface area contributed by atoms with Crippen molar-refractivity contribution in [1.82, 2.24) is 0 Å². The number of rotatable bonds is 5. The number of hydrogen-bond donors (Lipinski definition) is 2. The average Bonchev–Trinajstić information content (AvgIpc) is 2.36. The van der Waals surface area contributed by atoms with E-state index in [0.29, 0.717) is 22.3 Å². The Morgan fingerprint density at radius 2 is 1.74 bits per heavy atom. The lowest BCUT2D eigenvalue weighted by atomic mass is 10.1. The van der Waals surface area contributed by atoms with Crippen LogP contribution in [0.3, 0.4) is 0 Å². The second kappa shape index (κ2) is 7.10. The molecular formula is C12H12O5S2. The molecule has 0 radical (unpaired) electrons. The molecule has 102 valence electrons. The van der Waals surface area contributed by atoms with E-state index >= 15 is 0 Å². The zero-order valence-electron chi connectivity index (χ0n) is 10.1. The van der Waals surface area contributed by atoms with Gasteiger partial charge < -0.3 is 14.9 Å². The highest BCUT2D eigenvalue weighted by Gasteiger charge is 2.12. The van der Waals surface area contributed by atoms with Crippen LogP contribution in [0.1, 0.15) is 33.2 Å². The number of carboxylic acids is 2. The Kier molecular flexibility index (Phi) is 5.78. The van der Waals surface area contributed by atoms with Crippen molar-refractivity contribution in [3.8, 4) is 0 Å². The van der Waals surface area contributed by atoms with E-state index < -0.39 is 11.9 Å². The van der Waals surface area contributed by atoms with Crippen LogP contribution in [-0.4, -0.2) is 33.1 Å². The van der Waals surface area contributed by atoms with Gasteiger partial charge in [-0.2, -0.15) is 0 Å². The van der Waals surface area contributed by atoms with Gasteiger partial charge in [0.1, 0.15) is 0 Å². The van der Waals surface area contributed by atoms with Gasteiger partial charge in [0.2, 0.25) is 4.38 Å². The van der Waals surface area contributed by atoms with E-state index in [9.17, 15) is 9.59 Å². The lowest BCUT2D eigenvalue weighted by Crippen LogP contribution is -2.04. The lowest BCUT2D eigenvalue weighted by Gasteiger charge is -2.06. The van der Waals surface area contributed by atoms with Crippen LogP contribution in [0.5, 0.6) is 0 Å². The highest BCUT2D eigenvalue weighted by Crippen LogP contribution is 2.18. The molecule has 19 heavy (non-hydrogen) atoms. The summed E-state index contributed by atoms with van der Waals surface area (Å²) in [5, 5.41) is 17.9. The molecule has 0 amide bonds. The first kappa shape index (κ1) is 15.5. The molecule has 1 aromatic carbocycles. The zero-order valence-corrected chi connectivity index (χ0v) is 11.7. The van der Waals surface area contributed by atoms with Gasteiger partial charge in [-0.3, -0.25) is 0 Å². The Morgan fingerprint density at radius 3 is 2.16 bits per heavy atom. The lowest BCUT2D eigenvalue weighted by molar-refractivity contribution is 0.0696. The predicted molar refractivity (Wildman–Crippen MR) is 75.9 cm³/mol. The van der Waals surface area contributed by atoms with E-state index in [1.807, 2.05) is 0 Å². The van der Waals surface area contributed by atoms with E-state index in [0.717, 1.165) is 6.07 Å². The predicted octanol–water partition coefficient (Wildman–Crippen LogP) is 2.64. The largest absolute Gasteiger partial charge is 0.479 e. The maximum absolute atomic E-state index is 10.9. The summed E-state index contributed by atoms with van der Waals surface area (Å²) in [4.78, 5) is 21.8. The molecule has 0 aliphatic carbocycles. The highest BCUT2D eigenvalue weighted by molar-refractivity contribution is 8.22. The summed E-state index contributed by atoms with van der Waals surface area (Å²) in [6, 6.07) is 3.98. The monoisotopic (exact) mass is 300 g/mol. The number of aromatic carboxylic acids is 2. The SMILES string of the molecule is CCOC(=S)SCc1cc(C(=O)O)cc(C(=O)O)c1. The number of thioether (sulfide) groups is 1. The van der Waals surface area contributed by atoms with Crippen molar-refractivity contribution in [1.29, 1.82) is 0 Å². The van der Waals surface area contributed by atoms with Gasteiger partial charge in [-0.1, -0.05) is 11.8 Å². The summed E-state index contributed by atoms with van der Waals surface area (Å²) >= 11 is 6.15. The van der Waals surface area contributed by atoms with Gasteiger partial charge >= 0.3 is 11.9 Å². The smallest absolute Gasteiger partial charge is 0.335 e. The Morgan fingerprint density at radius 1 is 1.21 bits per heavy atom. The summed E-state index contributed by atoms with van der Waals surface area (Å²) in [5.41, 5.74) is 0.458. The summed E-state index contributed by atoms with van der Waals surface area (Å²) in [5.74, 6) is -1.97. The number of hydrogen-bond acceptors (Lipinski definition) is 5. The first-order valence-corrected chi connectivity index (χ1v) is 6.73. The third-order valence-electron chi connectivity index (χ3n) is 2.11. The van der Waals surface area contributed by atoms with Gasteiger partial charge in [-0.25, -0.2) is 9.59 Å². The third-order valence-corrected chi connectivity index (χ3v) is 3.41. The van der Waals surface area contributed by atoms with Crippen molar-refractivity contribution < 1.29 is 24.5 Å². The van der Waals surface area contributed by atoms with Crippen molar-refractivity contribution >= 4 is 40.3 Å². The maximum Gasteiger partial charge on any atom is 0.335 e. The Hall–Kier alpha value is -1.60. The normalized spacial score (nSPS) is 9.95. The first-order chi connectivity index (χ1) is 8.93. The van der Waals surface area contributed by atoms with Crippen LogP contribution in [0.25, 0.3) is 0 Å². The molecule has 1 rings (SSSR count). The number of carbonyl (C=O) groups is 2. The van der Waals surface area contributed by atoms with Crippen LogP contribution in [-0.2, 0) is 10.5 Å². The summed E-state index contributed by atoms with van der Waals surface area (Å²) in [7, 11) is 0. The van der Waals surface area contributed by atoms with E-state index in [1.165, 1.54) is 23.9 Å². The summed E-state index contributed by atoms with van der Waals surface area (Å²) < 4.78 is 5.43. The minimum atomic E-state index is -1.17. The molecule has 1 aromatic rings. The molecule has 0 aromatic heterocycles. The Labute approximate surface area is 119 Å². The molecule has 0 saturated heterocycles. The first-order valence-electron chi connectivity index (χ1n) is 5.34. The second-order valence-corrected chi connectivity index (χ2v) is 5.08.